The summed E-state index contributed by atoms with van der Waals surface area (Å²) in [6, 6.07) is 12.5. The van der Waals surface area contributed by atoms with Gasteiger partial charge in [0.15, 0.2) is 5.65 Å². The predicted molar refractivity (Wildman–Crippen MR) is 151 cm³/mol. The number of carboxylic acid groups (broad SMARTS) is 1. The summed E-state index contributed by atoms with van der Waals surface area (Å²) < 4.78 is 1.93. The van der Waals surface area contributed by atoms with Crippen molar-refractivity contribution in [3.63, 3.8) is 0 Å². The molecule has 4 aromatic rings. The Labute approximate surface area is 232 Å². The molecule has 0 bridgehead atoms. The number of piperazine rings is 1. The Bertz CT molecular complexity index is 1560. The molecule has 39 heavy (non-hydrogen) atoms. The maximum absolute atomic E-state index is 13.8. The maximum atomic E-state index is 13.8. The molecule has 1 amide bonds. The fraction of sp³-hybridized carbons (Fsp3) is 0.345. The van der Waals surface area contributed by atoms with Crippen LogP contribution >= 0.6 is 11.6 Å². The summed E-state index contributed by atoms with van der Waals surface area (Å²) in [5.41, 5.74) is 2.06. The summed E-state index contributed by atoms with van der Waals surface area (Å²) in [5.74, 6) is 0.268. The number of rotatable bonds is 4. The molecule has 3 aromatic heterocycles. The lowest BCUT2D eigenvalue weighted by atomic mass is 9.92. The van der Waals surface area contributed by atoms with Crippen LogP contribution in [0.4, 0.5) is 5.82 Å². The fourth-order valence-corrected chi connectivity index (χ4v) is 5.08. The van der Waals surface area contributed by atoms with E-state index in [1.54, 1.807) is 18.2 Å². The number of hydrogen-bond acceptors (Lipinski definition) is 6. The van der Waals surface area contributed by atoms with Crippen LogP contribution in [0, 0.1) is 0 Å². The molecule has 0 spiro atoms. The van der Waals surface area contributed by atoms with E-state index in [9.17, 15) is 9.59 Å². The Balaban J connectivity index is 1.45. The summed E-state index contributed by atoms with van der Waals surface area (Å²) >= 11 is 6.10. The van der Waals surface area contributed by atoms with Crippen molar-refractivity contribution < 1.29 is 14.7 Å². The maximum Gasteiger partial charge on any atom is 0.337 e. The molecule has 0 atom stereocenters. The van der Waals surface area contributed by atoms with Gasteiger partial charge in [0.05, 0.1) is 16.8 Å². The Kier molecular flexibility index (Phi) is 6.58. The van der Waals surface area contributed by atoms with Crippen molar-refractivity contribution in [3.05, 3.63) is 76.8 Å². The summed E-state index contributed by atoms with van der Waals surface area (Å²) in [5, 5.41) is 9.81. The van der Waals surface area contributed by atoms with E-state index in [0.29, 0.717) is 41.8 Å². The third-order valence-electron chi connectivity index (χ3n) is 6.99. The van der Waals surface area contributed by atoms with Gasteiger partial charge >= 0.3 is 5.97 Å². The number of pyridine rings is 1. The van der Waals surface area contributed by atoms with E-state index in [1.807, 2.05) is 53.6 Å². The number of anilines is 1. The molecule has 0 unspecified atom stereocenters. The molecule has 5 rings (SSSR count). The van der Waals surface area contributed by atoms with Crippen LogP contribution in [-0.4, -0.2) is 66.4 Å². The van der Waals surface area contributed by atoms with Crippen molar-refractivity contribution in [2.75, 3.05) is 24.5 Å². The second-order valence-electron chi connectivity index (χ2n) is 11.4. The topological polar surface area (TPSA) is 104 Å². The molecule has 10 heteroatoms. The summed E-state index contributed by atoms with van der Waals surface area (Å²) in [7, 11) is 0. The first-order chi connectivity index (χ1) is 18.3. The van der Waals surface area contributed by atoms with Gasteiger partial charge in [0.25, 0.3) is 5.91 Å². The van der Waals surface area contributed by atoms with Gasteiger partial charge in [0.1, 0.15) is 17.3 Å². The van der Waals surface area contributed by atoms with E-state index in [-0.39, 0.29) is 16.9 Å². The number of benzene rings is 1. The second kappa shape index (κ2) is 9.64. The number of carbonyl (C=O) groups is 2. The predicted octanol–water partition coefficient (Wildman–Crippen LogP) is 5.18. The van der Waals surface area contributed by atoms with E-state index >= 15 is 0 Å². The van der Waals surface area contributed by atoms with Crippen LogP contribution in [0.15, 0.2) is 54.9 Å². The van der Waals surface area contributed by atoms with Crippen molar-refractivity contribution >= 4 is 34.9 Å². The highest BCUT2D eigenvalue weighted by Gasteiger charge is 2.38. The zero-order valence-electron chi connectivity index (χ0n) is 22.6. The molecular formula is C29H31ClN6O3. The average molecular weight is 547 g/mol. The molecule has 1 aromatic carbocycles. The normalized spacial score (nSPS) is 15.5. The molecule has 1 aliphatic rings. The lowest BCUT2D eigenvalue weighted by Crippen LogP contribution is -2.61. The minimum atomic E-state index is -1.01. The van der Waals surface area contributed by atoms with E-state index < -0.39 is 11.5 Å². The molecule has 1 N–H and O–H groups in total. The minimum absolute atomic E-state index is 0.141. The lowest BCUT2D eigenvalue weighted by Gasteiger charge is -2.47. The van der Waals surface area contributed by atoms with Gasteiger partial charge in [-0.15, -0.1) is 0 Å². The number of fused-ring (bicyclic) bond motifs is 1. The number of aromatic carboxylic acids is 1. The van der Waals surface area contributed by atoms with E-state index in [4.69, 9.17) is 26.7 Å². The first-order valence-corrected chi connectivity index (χ1v) is 13.1. The summed E-state index contributed by atoms with van der Waals surface area (Å²) in [6.07, 6.45) is 3.22. The fourth-order valence-electron chi connectivity index (χ4n) is 4.96. The van der Waals surface area contributed by atoms with Crippen LogP contribution in [0.5, 0.6) is 0 Å². The third kappa shape index (κ3) is 5.06. The van der Waals surface area contributed by atoms with Crippen LogP contribution in [0.2, 0.25) is 5.02 Å². The Hall–Kier alpha value is -3.98. The number of imidazole rings is 1. The number of amides is 1. The number of aromatic nitrogens is 4. The van der Waals surface area contributed by atoms with E-state index in [0.717, 1.165) is 17.1 Å². The molecule has 1 aliphatic heterocycles. The zero-order valence-corrected chi connectivity index (χ0v) is 23.4. The quantitative estimate of drug-likeness (QED) is 0.376. The van der Waals surface area contributed by atoms with Gasteiger partial charge in [-0.2, -0.15) is 0 Å². The number of nitrogens with zero attached hydrogens (tertiary/aromatic N) is 6. The number of hydrogen-bond donors (Lipinski definition) is 1. The number of carboxylic acids is 1. The summed E-state index contributed by atoms with van der Waals surface area (Å²) in [4.78, 5) is 43.0. The molecule has 4 heterocycles. The van der Waals surface area contributed by atoms with Gasteiger partial charge < -0.3 is 14.9 Å². The van der Waals surface area contributed by atoms with Crippen LogP contribution in [-0.2, 0) is 5.41 Å². The lowest BCUT2D eigenvalue weighted by molar-refractivity contribution is 0.0507. The molecule has 9 nitrogen and oxygen atoms in total. The number of carbonyl (C=O) groups excluding carboxylic acids is 1. The van der Waals surface area contributed by atoms with Gasteiger partial charge in [-0.1, -0.05) is 32.4 Å². The average Bonchev–Trinajstić information content (AvgIpc) is 3.28. The monoisotopic (exact) mass is 546 g/mol. The van der Waals surface area contributed by atoms with Crippen molar-refractivity contribution in [1.82, 2.24) is 24.3 Å². The van der Waals surface area contributed by atoms with Gasteiger partial charge in [-0.05, 0) is 56.3 Å². The molecule has 1 fully saturated rings. The minimum Gasteiger partial charge on any atom is -0.478 e. The molecule has 202 valence electrons. The smallest absolute Gasteiger partial charge is 0.337 e. The van der Waals surface area contributed by atoms with Crippen molar-refractivity contribution in [2.45, 2.75) is 45.6 Å². The Morgan fingerprint density at radius 2 is 1.72 bits per heavy atom. The van der Waals surface area contributed by atoms with Crippen LogP contribution < -0.4 is 4.90 Å². The van der Waals surface area contributed by atoms with Crippen molar-refractivity contribution in [2.24, 2.45) is 0 Å². The first kappa shape index (κ1) is 26.6. The second-order valence-corrected chi connectivity index (χ2v) is 11.9. The number of halogens is 1. The standard InChI is InChI=1S/C29H31ClN6O3/c1-28(2,3)23-25-32-21(12-13-35(25)24(33-23)18-6-9-20(30)10-7-18)26(37)36-15-14-34(17-29(36,4)5)22-11-8-19(16-31-22)27(38)39/h6-13,16H,14-15,17H2,1-5H3,(H,38,39). The highest BCUT2D eigenvalue weighted by atomic mass is 35.5. The van der Waals surface area contributed by atoms with E-state index in [1.165, 1.54) is 6.20 Å². The molecule has 0 aliphatic carbocycles. The third-order valence-corrected chi connectivity index (χ3v) is 7.24. The molecule has 0 saturated carbocycles. The molecule has 0 radical (unpaired) electrons. The largest absolute Gasteiger partial charge is 0.478 e. The van der Waals surface area contributed by atoms with Crippen molar-refractivity contribution in [1.29, 1.82) is 0 Å². The Morgan fingerprint density at radius 1 is 1.00 bits per heavy atom. The molecule has 1 saturated heterocycles. The van der Waals surface area contributed by atoms with Crippen molar-refractivity contribution in [3.8, 4) is 11.4 Å². The first-order valence-electron chi connectivity index (χ1n) is 12.8. The Morgan fingerprint density at radius 3 is 2.31 bits per heavy atom. The highest BCUT2D eigenvalue weighted by Crippen LogP contribution is 2.31. The summed E-state index contributed by atoms with van der Waals surface area (Å²) in [6.45, 7) is 11.9. The van der Waals surface area contributed by atoms with Crippen LogP contribution in [0.1, 0.15) is 61.2 Å². The van der Waals surface area contributed by atoms with E-state index in [2.05, 4.69) is 30.7 Å². The SMILES string of the molecule is CC(C)(C)c1nc(-c2ccc(Cl)cc2)n2ccc(C(=O)N3CCN(c4ccc(C(=O)O)cn4)CC3(C)C)nc12. The van der Waals surface area contributed by atoms with Gasteiger partial charge in [0, 0.05) is 48.0 Å². The van der Waals surface area contributed by atoms with Gasteiger partial charge in [-0.25, -0.2) is 19.7 Å². The van der Waals surface area contributed by atoms with Gasteiger partial charge in [0.2, 0.25) is 0 Å². The zero-order chi connectivity index (χ0) is 28.1. The highest BCUT2D eigenvalue weighted by molar-refractivity contribution is 6.30. The molecular weight excluding hydrogens is 516 g/mol. The van der Waals surface area contributed by atoms with Crippen LogP contribution in [0.25, 0.3) is 17.0 Å². The van der Waals surface area contributed by atoms with Crippen LogP contribution in [0.3, 0.4) is 0 Å². The van der Waals surface area contributed by atoms with Gasteiger partial charge in [-0.3, -0.25) is 9.20 Å².